The summed E-state index contributed by atoms with van der Waals surface area (Å²) in [7, 11) is 5.62. The number of benzene rings is 3. The van der Waals surface area contributed by atoms with E-state index < -0.39 is 0 Å². The molecular weight excluding hydrogens is 364 g/mol. The molecule has 0 bridgehead atoms. The number of phenolic OH excluding ortho intramolecular Hbond substituents is 1. The second-order valence-electron chi connectivity index (χ2n) is 7.08. The summed E-state index contributed by atoms with van der Waals surface area (Å²) in [6.45, 7) is 0.469. The van der Waals surface area contributed by atoms with Gasteiger partial charge >= 0.3 is 0 Å². The lowest BCUT2D eigenvalue weighted by molar-refractivity contribution is -0.118. The van der Waals surface area contributed by atoms with Gasteiger partial charge in [-0.05, 0) is 59.7 Å². The molecule has 1 amide bonds. The Morgan fingerprint density at radius 1 is 0.828 bits per heavy atom. The van der Waals surface area contributed by atoms with Crippen molar-refractivity contribution in [1.82, 2.24) is 0 Å². The Labute approximate surface area is 171 Å². The summed E-state index contributed by atoms with van der Waals surface area (Å²) in [6, 6.07) is 22.4. The van der Waals surface area contributed by atoms with Crippen molar-refractivity contribution in [1.29, 1.82) is 0 Å². The van der Waals surface area contributed by atoms with Crippen LogP contribution in [0.5, 0.6) is 11.5 Å². The molecule has 1 N–H and O–H groups in total. The lowest BCUT2D eigenvalue weighted by atomic mass is 10.1. The quantitative estimate of drug-likeness (QED) is 0.656. The summed E-state index contributed by atoms with van der Waals surface area (Å²) >= 11 is 0. The Morgan fingerprint density at radius 3 is 1.93 bits per heavy atom. The molecule has 0 spiro atoms. The minimum Gasteiger partial charge on any atom is -0.508 e. The molecule has 0 aliphatic carbocycles. The molecule has 0 aromatic heterocycles. The van der Waals surface area contributed by atoms with Crippen LogP contribution in [0.3, 0.4) is 0 Å². The van der Waals surface area contributed by atoms with Gasteiger partial charge < -0.3 is 19.6 Å². The number of nitrogens with zero attached hydrogens (tertiary/aromatic N) is 2. The summed E-state index contributed by atoms with van der Waals surface area (Å²) in [4.78, 5) is 17.0. The van der Waals surface area contributed by atoms with Crippen molar-refractivity contribution in [3.8, 4) is 11.5 Å². The number of rotatable bonds is 7. The highest BCUT2D eigenvalue weighted by Gasteiger charge is 2.17. The summed E-state index contributed by atoms with van der Waals surface area (Å²) in [5, 5.41) is 9.47. The van der Waals surface area contributed by atoms with Crippen LogP contribution in [-0.2, 0) is 17.8 Å². The van der Waals surface area contributed by atoms with E-state index in [9.17, 15) is 9.90 Å². The number of anilines is 2. The number of amides is 1. The number of ether oxygens (including phenoxy) is 1. The van der Waals surface area contributed by atoms with E-state index in [1.165, 1.54) is 0 Å². The van der Waals surface area contributed by atoms with E-state index in [1.807, 2.05) is 67.5 Å². The Morgan fingerprint density at radius 2 is 1.38 bits per heavy atom. The van der Waals surface area contributed by atoms with Crippen molar-refractivity contribution < 1.29 is 14.6 Å². The number of carbonyl (C=O) groups is 1. The van der Waals surface area contributed by atoms with E-state index in [0.717, 1.165) is 28.3 Å². The maximum atomic E-state index is 13.2. The molecule has 0 heterocycles. The Hall–Kier alpha value is -3.47. The first-order valence-corrected chi connectivity index (χ1v) is 9.45. The highest BCUT2D eigenvalue weighted by atomic mass is 16.5. The summed E-state index contributed by atoms with van der Waals surface area (Å²) in [5.41, 5.74) is 3.83. The Bertz CT molecular complexity index is 933. The smallest absolute Gasteiger partial charge is 0.231 e. The van der Waals surface area contributed by atoms with Gasteiger partial charge in [-0.1, -0.05) is 24.3 Å². The fraction of sp³-hybridized carbons (Fsp3) is 0.208. The molecule has 0 unspecified atom stereocenters. The Kier molecular flexibility index (Phi) is 6.39. The second kappa shape index (κ2) is 9.15. The number of methoxy groups -OCH3 is 1. The van der Waals surface area contributed by atoms with Crippen molar-refractivity contribution in [2.24, 2.45) is 0 Å². The molecule has 0 radical (unpaired) electrons. The van der Waals surface area contributed by atoms with Gasteiger partial charge in [-0.2, -0.15) is 0 Å². The third-order valence-corrected chi connectivity index (χ3v) is 4.77. The van der Waals surface area contributed by atoms with Crippen LogP contribution < -0.4 is 14.5 Å². The van der Waals surface area contributed by atoms with Crippen LogP contribution >= 0.6 is 0 Å². The molecule has 0 aliphatic heterocycles. The average Bonchev–Trinajstić information content (AvgIpc) is 2.74. The normalized spacial score (nSPS) is 10.4. The SMILES string of the molecule is COc1ccc(N(Cc2ccc(N(C)C)cc2)C(=O)Cc2ccc(O)cc2)cc1. The molecule has 0 saturated carbocycles. The lowest BCUT2D eigenvalue weighted by Gasteiger charge is -2.24. The van der Waals surface area contributed by atoms with Crippen LogP contribution in [0.15, 0.2) is 72.8 Å². The van der Waals surface area contributed by atoms with Crippen molar-refractivity contribution in [3.05, 3.63) is 83.9 Å². The van der Waals surface area contributed by atoms with Gasteiger partial charge in [0.15, 0.2) is 0 Å². The van der Waals surface area contributed by atoms with Gasteiger partial charge in [0.2, 0.25) is 5.91 Å². The van der Waals surface area contributed by atoms with Gasteiger partial charge in [-0.15, -0.1) is 0 Å². The van der Waals surface area contributed by atoms with Gasteiger partial charge in [0.25, 0.3) is 0 Å². The fourth-order valence-corrected chi connectivity index (χ4v) is 3.05. The average molecular weight is 390 g/mol. The highest BCUT2D eigenvalue weighted by Crippen LogP contribution is 2.23. The van der Waals surface area contributed by atoms with E-state index in [4.69, 9.17) is 4.74 Å². The van der Waals surface area contributed by atoms with E-state index in [-0.39, 0.29) is 18.1 Å². The first-order valence-electron chi connectivity index (χ1n) is 9.45. The van der Waals surface area contributed by atoms with Gasteiger partial charge in [0, 0.05) is 25.5 Å². The highest BCUT2D eigenvalue weighted by molar-refractivity contribution is 5.94. The molecule has 0 atom stereocenters. The van der Waals surface area contributed by atoms with Gasteiger partial charge in [0.1, 0.15) is 11.5 Å². The number of aromatic hydroxyl groups is 1. The Balaban J connectivity index is 1.85. The van der Waals surface area contributed by atoms with Crippen LogP contribution in [0.1, 0.15) is 11.1 Å². The maximum absolute atomic E-state index is 13.2. The summed E-state index contributed by atoms with van der Waals surface area (Å²) in [6.07, 6.45) is 0.252. The van der Waals surface area contributed by atoms with Crippen LogP contribution in [0.4, 0.5) is 11.4 Å². The molecule has 5 heteroatoms. The number of phenols is 1. The number of carbonyl (C=O) groups excluding carboxylic acids is 1. The second-order valence-corrected chi connectivity index (χ2v) is 7.08. The summed E-state index contributed by atoms with van der Waals surface area (Å²) in [5.74, 6) is 0.918. The van der Waals surface area contributed by atoms with E-state index in [0.29, 0.717) is 6.54 Å². The van der Waals surface area contributed by atoms with Gasteiger partial charge in [-0.3, -0.25) is 4.79 Å². The number of hydrogen-bond acceptors (Lipinski definition) is 4. The monoisotopic (exact) mass is 390 g/mol. The third-order valence-electron chi connectivity index (χ3n) is 4.77. The predicted molar refractivity (Wildman–Crippen MR) is 117 cm³/mol. The van der Waals surface area contributed by atoms with Crippen LogP contribution in [0, 0.1) is 0 Å². The molecule has 0 aliphatic rings. The van der Waals surface area contributed by atoms with E-state index in [2.05, 4.69) is 0 Å². The molecule has 5 nitrogen and oxygen atoms in total. The number of hydrogen-bond donors (Lipinski definition) is 1. The molecule has 3 aromatic rings. The van der Waals surface area contributed by atoms with Crippen molar-refractivity contribution >= 4 is 17.3 Å². The van der Waals surface area contributed by atoms with E-state index in [1.54, 1.807) is 36.3 Å². The van der Waals surface area contributed by atoms with Crippen molar-refractivity contribution in [2.45, 2.75) is 13.0 Å². The fourth-order valence-electron chi connectivity index (χ4n) is 3.05. The van der Waals surface area contributed by atoms with Gasteiger partial charge in [-0.25, -0.2) is 0 Å². The topological polar surface area (TPSA) is 53.0 Å². The zero-order valence-electron chi connectivity index (χ0n) is 17.0. The van der Waals surface area contributed by atoms with E-state index >= 15 is 0 Å². The standard InChI is InChI=1S/C24H26N2O3/c1-25(2)20-8-4-19(5-9-20)17-26(21-10-14-23(29-3)15-11-21)24(28)16-18-6-12-22(27)13-7-18/h4-15,27H,16-17H2,1-3H3. The zero-order valence-corrected chi connectivity index (χ0v) is 17.0. The first kappa shape index (κ1) is 20.3. The van der Waals surface area contributed by atoms with Crippen molar-refractivity contribution in [2.75, 3.05) is 31.0 Å². The third kappa shape index (κ3) is 5.29. The first-order chi connectivity index (χ1) is 14.0. The van der Waals surface area contributed by atoms with Crippen LogP contribution in [0.2, 0.25) is 0 Å². The molecule has 150 valence electrons. The molecule has 29 heavy (non-hydrogen) atoms. The lowest BCUT2D eigenvalue weighted by Crippen LogP contribution is -2.31. The predicted octanol–water partition coefficient (Wildman–Crippen LogP) is 4.24. The minimum atomic E-state index is -0.0162. The zero-order chi connectivity index (χ0) is 20.8. The molecule has 3 rings (SSSR count). The maximum Gasteiger partial charge on any atom is 0.231 e. The molecule has 3 aromatic carbocycles. The molecule has 0 fully saturated rings. The summed E-state index contributed by atoms with van der Waals surface area (Å²) < 4.78 is 5.24. The van der Waals surface area contributed by atoms with Crippen LogP contribution in [-0.4, -0.2) is 32.2 Å². The minimum absolute atomic E-state index is 0.0162. The van der Waals surface area contributed by atoms with Crippen LogP contribution in [0.25, 0.3) is 0 Å². The largest absolute Gasteiger partial charge is 0.508 e. The van der Waals surface area contributed by atoms with Gasteiger partial charge in [0.05, 0.1) is 20.1 Å². The molecule has 0 saturated heterocycles. The van der Waals surface area contributed by atoms with Crippen molar-refractivity contribution in [3.63, 3.8) is 0 Å². The molecular formula is C24H26N2O3.